The molecule has 0 aromatic heterocycles. The molecule has 2 aromatic carbocycles. The molecule has 0 amide bonds. The maximum absolute atomic E-state index is 2.12. The Balaban J connectivity index is 0.000000215. The summed E-state index contributed by atoms with van der Waals surface area (Å²) < 4.78 is 0. The third-order valence-electron chi connectivity index (χ3n) is 1.87. The first-order chi connectivity index (χ1) is 5.80. The van der Waals surface area contributed by atoms with Gasteiger partial charge in [-0.3, -0.25) is 0 Å². The minimum absolute atomic E-state index is 0. The van der Waals surface area contributed by atoms with Crippen LogP contribution in [0.4, 0.5) is 0 Å². The van der Waals surface area contributed by atoms with E-state index in [1.54, 1.807) is 0 Å². The molecule has 0 saturated heterocycles. The molecule has 0 aliphatic heterocycles. The van der Waals surface area contributed by atoms with Gasteiger partial charge in [0.05, 0.1) is 0 Å². The summed E-state index contributed by atoms with van der Waals surface area (Å²) >= 11 is 0. The van der Waals surface area contributed by atoms with Crippen molar-refractivity contribution in [3.8, 4) is 0 Å². The second-order valence-electron chi connectivity index (χ2n) is 2.85. The Bertz CT molecular complexity index is 257. The smallest absolute Gasteiger partial charge is 0.214 e. The third-order valence-corrected chi connectivity index (χ3v) is 1.87. The third kappa shape index (κ3) is 4.80. The fourth-order valence-corrected chi connectivity index (χ4v) is 0.920. The van der Waals surface area contributed by atoms with Crippen LogP contribution in [0.25, 0.3) is 0 Å². The van der Waals surface area contributed by atoms with Crippen LogP contribution in [0.3, 0.4) is 0 Å². The van der Waals surface area contributed by atoms with Crippen LogP contribution in [0.1, 0.15) is 11.1 Å². The monoisotopic (exact) mass is 260 g/mol. The van der Waals surface area contributed by atoms with Gasteiger partial charge < -0.3 is 0 Å². The SMILES string of the molecule is Cc1cc[cH-]c1C.[Ru+2].c1cc[cH-]c1. The van der Waals surface area contributed by atoms with Gasteiger partial charge in [-0.2, -0.15) is 41.5 Å². The Kier molecular flexibility index (Phi) is 6.44. The van der Waals surface area contributed by atoms with Crippen molar-refractivity contribution in [3.63, 3.8) is 0 Å². The van der Waals surface area contributed by atoms with Crippen molar-refractivity contribution < 1.29 is 19.5 Å². The van der Waals surface area contributed by atoms with Gasteiger partial charge >= 0.3 is 19.5 Å². The van der Waals surface area contributed by atoms with Crippen molar-refractivity contribution >= 4 is 0 Å². The molecule has 0 fully saturated rings. The average Bonchev–Trinajstić information content (AvgIpc) is 2.67. The topological polar surface area (TPSA) is 0 Å². The van der Waals surface area contributed by atoms with E-state index >= 15 is 0 Å². The Labute approximate surface area is 93.1 Å². The van der Waals surface area contributed by atoms with Gasteiger partial charge in [0.15, 0.2) is 0 Å². The number of aryl methyl sites for hydroxylation is 2. The molecular formula is C12H14Ru. The molecule has 0 radical (unpaired) electrons. The summed E-state index contributed by atoms with van der Waals surface area (Å²) in [4.78, 5) is 0. The molecule has 0 N–H and O–H groups in total. The van der Waals surface area contributed by atoms with Crippen molar-refractivity contribution in [1.29, 1.82) is 0 Å². The first-order valence-corrected chi connectivity index (χ1v) is 4.16. The largest absolute Gasteiger partial charge is 2.00 e. The fraction of sp³-hybridized carbons (Fsp3) is 0.167. The van der Waals surface area contributed by atoms with E-state index in [4.69, 9.17) is 0 Å². The summed E-state index contributed by atoms with van der Waals surface area (Å²) in [5.74, 6) is 0. The van der Waals surface area contributed by atoms with Gasteiger partial charge in [0.2, 0.25) is 0 Å². The first-order valence-electron chi connectivity index (χ1n) is 4.16. The van der Waals surface area contributed by atoms with E-state index in [1.807, 2.05) is 30.3 Å². The van der Waals surface area contributed by atoms with Gasteiger partial charge in [-0.25, -0.2) is 18.2 Å². The van der Waals surface area contributed by atoms with Gasteiger partial charge in [-0.05, 0) is 0 Å². The van der Waals surface area contributed by atoms with Crippen LogP contribution < -0.4 is 0 Å². The maximum atomic E-state index is 2.12. The summed E-state index contributed by atoms with van der Waals surface area (Å²) in [7, 11) is 0. The zero-order valence-electron chi connectivity index (χ0n) is 7.97. The zero-order valence-corrected chi connectivity index (χ0v) is 9.71. The minimum Gasteiger partial charge on any atom is -0.214 e. The molecule has 0 unspecified atom stereocenters. The van der Waals surface area contributed by atoms with Gasteiger partial charge in [0.25, 0.3) is 0 Å². The molecule has 1 heteroatoms. The first kappa shape index (κ1) is 12.3. The summed E-state index contributed by atoms with van der Waals surface area (Å²) in [6.45, 7) is 4.24. The minimum atomic E-state index is 0. The molecule has 0 aliphatic carbocycles. The summed E-state index contributed by atoms with van der Waals surface area (Å²) in [5.41, 5.74) is 2.78. The Morgan fingerprint density at radius 1 is 1.00 bits per heavy atom. The van der Waals surface area contributed by atoms with Gasteiger partial charge in [-0.1, -0.05) is 13.8 Å². The fourth-order valence-electron chi connectivity index (χ4n) is 0.920. The number of hydrogen-bond acceptors (Lipinski definition) is 0. The van der Waals surface area contributed by atoms with E-state index in [1.165, 1.54) is 11.1 Å². The Hall–Kier alpha value is -0.677. The molecule has 0 bridgehead atoms. The summed E-state index contributed by atoms with van der Waals surface area (Å²) in [5, 5.41) is 0. The van der Waals surface area contributed by atoms with Crippen LogP contribution in [0.2, 0.25) is 0 Å². The molecule has 13 heavy (non-hydrogen) atoms. The normalized spacial score (nSPS) is 8.15. The predicted molar refractivity (Wildman–Crippen MR) is 53.5 cm³/mol. The van der Waals surface area contributed by atoms with Crippen LogP contribution in [0.5, 0.6) is 0 Å². The van der Waals surface area contributed by atoms with E-state index in [0.29, 0.717) is 0 Å². The van der Waals surface area contributed by atoms with Crippen molar-refractivity contribution in [2.24, 2.45) is 0 Å². The van der Waals surface area contributed by atoms with E-state index in [9.17, 15) is 0 Å². The molecule has 2 aromatic rings. The van der Waals surface area contributed by atoms with E-state index < -0.39 is 0 Å². The second kappa shape index (κ2) is 6.80. The molecule has 0 nitrogen and oxygen atoms in total. The molecule has 0 aliphatic rings. The van der Waals surface area contributed by atoms with E-state index in [-0.39, 0.29) is 19.5 Å². The van der Waals surface area contributed by atoms with Crippen LogP contribution in [-0.2, 0) is 19.5 Å². The molecule has 70 valence electrons. The van der Waals surface area contributed by atoms with Crippen molar-refractivity contribution in [1.82, 2.24) is 0 Å². The van der Waals surface area contributed by atoms with Gasteiger partial charge in [0, 0.05) is 0 Å². The summed E-state index contributed by atoms with van der Waals surface area (Å²) in [6, 6.07) is 16.3. The Morgan fingerprint density at radius 3 is 1.77 bits per heavy atom. The van der Waals surface area contributed by atoms with Crippen LogP contribution in [0.15, 0.2) is 48.5 Å². The average molecular weight is 259 g/mol. The Morgan fingerprint density at radius 2 is 1.62 bits per heavy atom. The standard InChI is InChI=1S/C7H9.C5H5.Ru/c1-6-4-3-5-7(6)2;1-2-4-5-3-1;/h3-5H,1-2H3;1-5H;/q2*-1;+2. The second-order valence-corrected chi connectivity index (χ2v) is 2.85. The number of rotatable bonds is 0. The predicted octanol–water partition coefficient (Wildman–Crippen LogP) is 3.43. The molecule has 0 spiro atoms. The van der Waals surface area contributed by atoms with Crippen molar-refractivity contribution in [2.45, 2.75) is 13.8 Å². The summed E-state index contributed by atoms with van der Waals surface area (Å²) in [6.07, 6.45) is 0. The quantitative estimate of drug-likeness (QED) is 0.502. The van der Waals surface area contributed by atoms with Crippen molar-refractivity contribution in [3.05, 3.63) is 59.7 Å². The van der Waals surface area contributed by atoms with Crippen LogP contribution in [0, 0.1) is 13.8 Å². The van der Waals surface area contributed by atoms with E-state index in [2.05, 4.69) is 32.0 Å². The zero-order chi connectivity index (χ0) is 8.81. The molecule has 0 saturated carbocycles. The van der Waals surface area contributed by atoms with Gasteiger partial charge in [-0.15, -0.1) is 0 Å². The van der Waals surface area contributed by atoms with Crippen molar-refractivity contribution in [2.75, 3.05) is 0 Å². The van der Waals surface area contributed by atoms with Crippen LogP contribution in [-0.4, -0.2) is 0 Å². The molecule has 0 heterocycles. The molecule has 2 rings (SSSR count). The van der Waals surface area contributed by atoms with Gasteiger partial charge in [0.1, 0.15) is 0 Å². The molecule has 0 atom stereocenters. The van der Waals surface area contributed by atoms with Crippen LogP contribution >= 0.6 is 0 Å². The van der Waals surface area contributed by atoms with E-state index in [0.717, 1.165) is 0 Å². The maximum Gasteiger partial charge on any atom is 2.00 e. The number of hydrogen-bond donors (Lipinski definition) is 0. The molecular weight excluding hydrogens is 245 g/mol.